The van der Waals surface area contributed by atoms with Crippen LogP contribution in [0.3, 0.4) is 0 Å². The second-order valence-electron chi connectivity index (χ2n) is 9.83. The zero-order chi connectivity index (χ0) is 23.7. The van der Waals surface area contributed by atoms with Gasteiger partial charge in [-0.05, 0) is 12.8 Å². The Morgan fingerprint density at radius 2 is 1.00 bits per heavy atom. The molecule has 0 unspecified atom stereocenters. The molecule has 0 rings (SSSR count). The third-order valence-corrected chi connectivity index (χ3v) is 6.62. The first-order valence-corrected chi connectivity index (χ1v) is 14.2. The van der Waals surface area contributed by atoms with E-state index in [1.54, 1.807) is 0 Å². The molecule has 3 N–H and O–H groups in total. The van der Waals surface area contributed by atoms with Crippen LogP contribution < -0.4 is 5.32 Å². The van der Waals surface area contributed by atoms with Gasteiger partial charge in [-0.25, -0.2) is 0 Å². The van der Waals surface area contributed by atoms with Crippen LogP contribution >= 0.6 is 0 Å². The Bertz CT molecular complexity index is 389. The number of amides is 1. The highest BCUT2D eigenvalue weighted by Gasteiger charge is 2.19. The molecule has 0 spiro atoms. The normalized spacial score (nSPS) is 13.2. The number of aliphatic hydroxyl groups is 2. The molecule has 0 aromatic carbocycles. The summed E-state index contributed by atoms with van der Waals surface area (Å²) in [7, 11) is 0. The topological polar surface area (TPSA) is 69.6 Å². The highest BCUT2D eigenvalue weighted by atomic mass is 16.3. The fourth-order valence-corrected chi connectivity index (χ4v) is 4.36. The lowest BCUT2D eigenvalue weighted by molar-refractivity contribution is -0.123. The minimum absolute atomic E-state index is 0.0382. The number of nitrogens with one attached hydrogen (secondary N) is 1. The lowest BCUT2D eigenvalue weighted by Crippen LogP contribution is -2.45. The van der Waals surface area contributed by atoms with E-state index in [1.807, 2.05) is 0 Å². The summed E-state index contributed by atoms with van der Waals surface area (Å²) in [4.78, 5) is 12.1. The quantitative estimate of drug-likeness (QED) is 0.125. The molecule has 0 aromatic heterocycles. The molecule has 4 heteroatoms. The molecule has 0 heterocycles. The van der Waals surface area contributed by atoms with Crippen LogP contribution in [0.2, 0.25) is 0 Å². The van der Waals surface area contributed by atoms with Crippen molar-refractivity contribution in [2.24, 2.45) is 0 Å². The third-order valence-electron chi connectivity index (χ3n) is 6.62. The van der Waals surface area contributed by atoms with E-state index < -0.39 is 12.1 Å². The van der Waals surface area contributed by atoms with Crippen LogP contribution in [0.5, 0.6) is 0 Å². The van der Waals surface area contributed by atoms with E-state index in [4.69, 9.17) is 0 Å². The molecule has 0 aliphatic rings. The monoisotopic (exact) mass is 455 g/mol. The van der Waals surface area contributed by atoms with Gasteiger partial charge in [0.2, 0.25) is 5.91 Å². The number of carbonyl (C=O) groups excluding carboxylic acids is 1. The Balaban J connectivity index is 3.60. The van der Waals surface area contributed by atoms with Gasteiger partial charge in [-0.3, -0.25) is 4.79 Å². The molecule has 0 bridgehead atoms. The molecule has 1 amide bonds. The standard InChI is InChI=1S/C28H57NO3/c1-3-5-7-9-11-13-14-15-16-17-19-21-23-27(31)26(25-30)29-28(32)24-22-20-18-12-10-8-6-4-2/h26-27,30-31H,3-25H2,1-2H3,(H,29,32)/t26-,27+/m0/s1. The number of carbonyl (C=O) groups is 1. The van der Waals surface area contributed by atoms with Gasteiger partial charge in [-0.15, -0.1) is 0 Å². The number of aliphatic hydroxyl groups excluding tert-OH is 2. The van der Waals surface area contributed by atoms with E-state index in [0.717, 1.165) is 25.7 Å². The molecular formula is C28H57NO3. The van der Waals surface area contributed by atoms with Gasteiger partial charge in [0.15, 0.2) is 0 Å². The zero-order valence-electron chi connectivity index (χ0n) is 21.7. The molecular weight excluding hydrogens is 398 g/mol. The smallest absolute Gasteiger partial charge is 0.220 e. The lowest BCUT2D eigenvalue weighted by Gasteiger charge is -2.22. The molecule has 0 saturated heterocycles. The van der Waals surface area contributed by atoms with Crippen molar-refractivity contribution in [3.63, 3.8) is 0 Å². The number of hydrogen-bond acceptors (Lipinski definition) is 3. The average molecular weight is 456 g/mol. The van der Waals surface area contributed by atoms with E-state index in [2.05, 4.69) is 19.2 Å². The van der Waals surface area contributed by atoms with Crippen LogP contribution in [-0.4, -0.2) is 34.9 Å². The molecule has 0 aromatic rings. The van der Waals surface area contributed by atoms with Crippen LogP contribution in [0.4, 0.5) is 0 Å². The third kappa shape index (κ3) is 21.2. The van der Waals surface area contributed by atoms with Crippen molar-refractivity contribution in [2.45, 2.75) is 167 Å². The zero-order valence-corrected chi connectivity index (χ0v) is 21.7. The van der Waals surface area contributed by atoms with Gasteiger partial charge >= 0.3 is 0 Å². The Morgan fingerprint density at radius 3 is 1.41 bits per heavy atom. The molecule has 0 radical (unpaired) electrons. The van der Waals surface area contributed by atoms with Crippen LogP contribution in [0.15, 0.2) is 0 Å². The highest BCUT2D eigenvalue weighted by molar-refractivity contribution is 5.76. The minimum Gasteiger partial charge on any atom is -0.394 e. The fraction of sp³-hybridized carbons (Fsp3) is 0.964. The Labute approximate surface area is 200 Å². The van der Waals surface area contributed by atoms with Crippen molar-refractivity contribution < 1.29 is 15.0 Å². The molecule has 32 heavy (non-hydrogen) atoms. The predicted molar refractivity (Wildman–Crippen MR) is 138 cm³/mol. The van der Waals surface area contributed by atoms with Crippen molar-refractivity contribution in [1.82, 2.24) is 5.32 Å². The van der Waals surface area contributed by atoms with Crippen molar-refractivity contribution in [3.8, 4) is 0 Å². The van der Waals surface area contributed by atoms with Crippen molar-refractivity contribution in [2.75, 3.05) is 6.61 Å². The summed E-state index contributed by atoms with van der Waals surface area (Å²) >= 11 is 0. The Morgan fingerprint density at radius 1 is 0.625 bits per heavy atom. The lowest BCUT2D eigenvalue weighted by atomic mass is 10.0. The largest absolute Gasteiger partial charge is 0.394 e. The van der Waals surface area contributed by atoms with Crippen LogP contribution in [0.25, 0.3) is 0 Å². The summed E-state index contributed by atoms with van der Waals surface area (Å²) < 4.78 is 0. The number of unbranched alkanes of at least 4 members (excludes halogenated alkanes) is 18. The van der Waals surface area contributed by atoms with Crippen molar-refractivity contribution in [3.05, 3.63) is 0 Å². The first-order valence-electron chi connectivity index (χ1n) is 14.2. The van der Waals surface area contributed by atoms with Gasteiger partial charge in [0, 0.05) is 6.42 Å². The summed E-state index contributed by atoms with van der Waals surface area (Å²) in [6.45, 7) is 4.30. The van der Waals surface area contributed by atoms with E-state index in [0.29, 0.717) is 12.8 Å². The summed E-state index contributed by atoms with van der Waals surface area (Å²) in [5.74, 6) is -0.0382. The summed E-state index contributed by atoms with van der Waals surface area (Å²) in [6, 6.07) is -0.524. The first kappa shape index (κ1) is 31.4. The SMILES string of the molecule is CCCCCCCCCCCCCC[C@@H](O)[C@H](CO)NC(=O)CCCCCCCCCC. The maximum Gasteiger partial charge on any atom is 0.220 e. The van der Waals surface area contributed by atoms with Crippen LogP contribution in [-0.2, 0) is 4.79 Å². The van der Waals surface area contributed by atoms with E-state index in [-0.39, 0.29) is 12.5 Å². The van der Waals surface area contributed by atoms with Gasteiger partial charge < -0.3 is 15.5 Å². The molecule has 0 aliphatic carbocycles. The van der Waals surface area contributed by atoms with Crippen molar-refractivity contribution in [1.29, 1.82) is 0 Å². The first-order chi connectivity index (χ1) is 15.7. The molecule has 0 saturated carbocycles. The van der Waals surface area contributed by atoms with Gasteiger partial charge in [0.05, 0.1) is 18.8 Å². The molecule has 4 nitrogen and oxygen atoms in total. The summed E-state index contributed by atoms with van der Waals surface area (Å²) in [5, 5.41) is 22.8. The number of hydrogen-bond donors (Lipinski definition) is 3. The maximum absolute atomic E-state index is 12.1. The van der Waals surface area contributed by atoms with Gasteiger partial charge in [-0.1, -0.05) is 136 Å². The molecule has 0 fully saturated rings. The van der Waals surface area contributed by atoms with Crippen LogP contribution in [0, 0.1) is 0 Å². The van der Waals surface area contributed by atoms with Gasteiger partial charge in [-0.2, -0.15) is 0 Å². The van der Waals surface area contributed by atoms with Crippen molar-refractivity contribution >= 4 is 5.91 Å². The second kappa shape index (κ2) is 25.0. The molecule has 0 aliphatic heterocycles. The average Bonchev–Trinajstić information content (AvgIpc) is 2.79. The summed E-state index contributed by atoms with van der Waals surface area (Å²) in [6.07, 6.45) is 25.7. The number of rotatable bonds is 25. The molecule has 2 atom stereocenters. The Kier molecular flexibility index (Phi) is 24.5. The van der Waals surface area contributed by atoms with E-state index >= 15 is 0 Å². The van der Waals surface area contributed by atoms with E-state index in [1.165, 1.54) is 103 Å². The van der Waals surface area contributed by atoms with Crippen LogP contribution in [0.1, 0.15) is 155 Å². The van der Waals surface area contributed by atoms with E-state index in [9.17, 15) is 15.0 Å². The highest BCUT2D eigenvalue weighted by Crippen LogP contribution is 2.14. The minimum atomic E-state index is -0.648. The predicted octanol–water partition coefficient (Wildman–Crippen LogP) is 7.45. The maximum atomic E-state index is 12.1. The van der Waals surface area contributed by atoms with Gasteiger partial charge in [0.1, 0.15) is 0 Å². The molecule has 192 valence electrons. The summed E-state index contributed by atoms with van der Waals surface area (Å²) in [5.41, 5.74) is 0. The fourth-order valence-electron chi connectivity index (χ4n) is 4.36. The van der Waals surface area contributed by atoms with Gasteiger partial charge in [0.25, 0.3) is 0 Å². The second-order valence-corrected chi connectivity index (χ2v) is 9.83. The Hall–Kier alpha value is -0.610.